The molecule has 1 unspecified atom stereocenters. The van der Waals surface area contributed by atoms with Crippen molar-refractivity contribution < 1.29 is 52.3 Å². The minimum absolute atomic E-state index is 0.0124. The standard InChI is InChI=1S/C50H82NO10P/c1-6-8-10-11-12-13-14-15-16-17-18-19-20-21-22-26-34-40-49(54)58-44-48(45-60-62(56,57)59-43-42-51(3,4)5)61-50(55)41-35-27-24-23-25-31-37-47(53)39-33-29-28-32-38-46(52)36-30-9-7-2/h9,12-13,15-16,18-19,24-25,27-33,38-39,46-48,52-53H,6-8,10-11,14,17,20-23,26,34-37,40-45H2,1-5H3/p+1/b13-12-,16-15-,19-18-,27-24-,29-28-,30-9-,31-25-,38-32+,39-33+/t46-,47+,48+/m0/s1. The number of unbranched alkanes of at least 4 members (excludes halogenated alkanes) is 7. The van der Waals surface area contributed by atoms with Gasteiger partial charge in [-0.2, -0.15) is 0 Å². The number of hydrogen-bond acceptors (Lipinski definition) is 9. The minimum Gasteiger partial charge on any atom is -0.462 e. The lowest BCUT2D eigenvalue weighted by atomic mass is 10.1. The van der Waals surface area contributed by atoms with Gasteiger partial charge in [0.25, 0.3) is 0 Å². The number of rotatable bonds is 39. The number of quaternary nitrogens is 1. The second-order valence-electron chi connectivity index (χ2n) is 16.1. The number of carbonyl (C=O) groups excluding carboxylic acids is 2. The molecule has 0 saturated heterocycles. The Labute approximate surface area is 375 Å². The molecule has 0 aromatic rings. The van der Waals surface area contributed by atoms with E-state index in [-0.39, 0.29) is 26.1 Å². The highest BCUT2D eigenvalue weighted by atomic mass is 31.2. The monoisotopic (exact) mass is 889 g/mol. The lowest BCUT2D eigenvalue weighted by Crippen LogP contribution is -2.37. The first kappa shape index (κ1) is 58.6. The summed E-state index contributed by atoms with van der Waals surface area (Å²) >= 11 is 0. The molecule has 0 aliphatic heterocycles. The van der Waals surface area contributed by atoms with E-state index in [1.54, 1.807) is 36.5 Å². The van der Waals surface area contributed by atoms with Crippen LogP contribution in [-0.2, 0) is 32.7 Å². The molecule has 0 aromatic carbocycles. The largest absolute Gasteiger partial charge is 0.472 e. The average Bonchev–Trinajstić information content (AvgIpc) is 3.21. The summed E-state index contributed by atoms with van der Waals surface area (Å²) in [6.07, 6.45) is 47.9. The number of esters is 2. The van der Waals surface area contributed by atoms with E-state index in [2.05, 4.69) is 43.4 Å². The van der Waals surface area contributed by atoms with Crippen LogP contribution in [0.1, 0.15) is 129 Å². The molecule has 62 heavy (non-hydrogen) atoms. The zero-order valence-electron chi connectivity index (χ0n) is 38.8. The Morgan fingerprint density at radius 3 is 1.71 bits per heavy atom. The molecule has 0 aromatic heterocycles. The predicted octanol–water partition coefficient (Wildman–Crippen LogP) is 11.1. The molecular weight excluding hydrogens is 806 g/mol. The van der Waals surface area contributed by atoms with Crippen LogP contribution in [0.4, 0.5) is 0 Å². The molecule has 0 heterocycles. The van der Waals surface area contributed by atoms with Crippen LogP contribution in [0.5, 0.6) is 0 Å². The van der Waals surface area contributed by atoms with Crippen molar-refractivity contribution in [3.8, 4) is 0 Å². The van der Waals surface area contributed by atoms with E-state index in [1.165, 1.54) is 25.7 Å². The van der Waals surface area contributed by atoms with Crippen molar-refractivity contribution in [3.05, 3.63) is 109 Å². The normalized spacial score (nSPS) is 15.5. The Hall–Kier alpha value is -3.41. The molecular formula is C50H83NO10P+. The van der Waals surface area contributed by atoms with Crippen molar-refractivity contribution in [2.24, 2.45) is 0 Å². The predicted molar refractivity (Wildman–Crippen MR) is 254 cm³/mol. The Balaban J connectivity index is 4.65. The molecule has 0 aliphatic rings. The van der Waals surface area contributed by atoms with Crippen molar-refractivity contribution in [2.45, 2.75) is 148 Å². The molecule has 12 heteroatoms. The van der Waals surface area contributed by atoms with Crippen LogP contribution in [0, 0.1) is 0 Å². The molecule has 0 radical (unpaired) electrons. The number of aliphatic hydroxyl groups is 2. The number of hydrogen-bond donors (Lipinski definition) is 3. The fraction of sp³-hybridized carbons (Fsp3) is 0.600. The number of ether oxygens (including phenoxy) is 2. The number of likely N-dealkylation sites (N-methyl/N-ethyl adjacent to an activating group) is 1. The van der Waals surface area contributed by atoms with Gasteiger partial charge in [-0.15, -0.1) is 0 Å². The van der Waals surface area contributed by atoms with Gasteiger partial charge in [0.2, 0.25) is 0 Å². The van der Waals surface area contributed by atoms with Crippen molar-refractivity contribution in [2.75, 3.05) is 47.5 Å². The third-order valence-electron chi connectivity index (χ3n) is 8.97. The smallest absolute Gasteiger partial charge is 0.462 e. The van der Waals surface area contributed by atoms with Crippen LogP contribution in [0.3, 0.4) is 0 Å². The van der Waals surface area contributed by atoms with E-state index in [0.717, 1.165) is 44.9 Å². The fourth-order valence-corrected chi connectivity index (χ4v) is 6.08. The number of allylic oxidation sites excluding steroid dienone is 14. The van der Waals surface area contributed by atoms with Gasteiger partial charge in [0.15, 0.2) is 6.10 Å². The van der Waals surface area contributed by atoms with E-state index in [9.17, 15) is 29.3 Å². The summed E-state index contributed by atoms with van der Waals surface area (Å²) in [5, 5.41) is 20.0. The molecule has 0 aliphatic carbocycles. The van der Waals surface area contributed by atoms with Gasteiger partial charge in [-0.05, 0) is 77.0 Å². The average molecular weight is 889 g/mol. The highest BCUT2D eigenvalue weighted by Gasteiger charge is 2.27. The summed E-state index contributed by atoms with van der Waals surface area (Å²) in [4.78, 5) is 35.4. The Bertz CT molecular complexity index is 1450. The van der Waals surface area contributed by atoms with E-state index in [4.69, 9.17) is 18.5 Å². The van der Waals surface area contributed by atoms with E-state index in [0.29, 0.717) is 43.1 Å². The molecule has 0 spiro atoms. The van der Waals surface area contributed by atoms with Crippen molar-refractivity contribution in [3.63, 3.8) is 0 Å². The zero-order chi connectivity index (χ0) is 46.0. The van der Waals surface area contributed by atoms with Crippen LogP contribution < -0.4 is 0 Å². The van der Waals surface area contributed by atoms with E-state index >= 15 is 0 Å². The van der Waals surface area contributed by atoms with Crippen LogP contribution in [0.25, 0.3) is 0 Å². The summed E-state index contributed by atoms with van der Waals surface area (Å²) in [5.41, 5.74) is 0. The third-order valence-corrected chi connectivity index (χ3v) is 9.95. The summed E-state index contributed by atoms with van der Waals surface area (Å²) in [7, 11) is 1.33. The molecule has 11 nitrogen and oxygen atoms in total. The molecule has 4 atom stereocenters. The Morgan fingerprint density at radius 1 is 0.597 bits per heavy atom. The second-order valence-corrected chi connectivity index (χ2v) is 17.6. The van der Waals surface area contributed by atoms with E-state index < -0.39 is 44.7 Å². The molecule has 0 amide bonds. The first-order valence-electron chi connectivity index (χ1n) is 22.8. The topological polar surface area (TPSA) is 149 Å². The summed E-state index contributed by atoms with van der Waals surface area (Å²) in [6.45, 7) is 3.94. The van der Waals surface area contributed by atoms with Crippen LogP contribution in [-0.4, -0.2) is 97.3 Å². The number of nitrogens with zero attached hydrogens (tertiary/aromatic N) is 1. The van der Waals surface area contributed by atoms with Crippen LogP contribution in [0.15, 0.2) is 109 Å². The first-order valence-corrected chi connectivity index (χ1v) is 24.3. The van der Waals surface area contributed by atoms with Crippen LogP contribution in [0.2, 0.25) is 0 Å². The highest BCUT2D eigenvalue weighted by Crippen LogP contribution is 2.43. The van der Waals surface area contributed by atoms with Gasteiger partial charge in [0.1, 0.15) is 19.8 Å². The summed E-state index contributed by atoms with van der Waals surface area (Å²) < 4.78 is 34.1. The van der Waals surface area contributed by atoms with Gasteiger partial charge in [0.05, 0.1) is 40.0 Å². The summed E-state index contributed by atoms with van der Waals surface area (Å²) in [6, 6.07) is 0. The van der Waals surface area contributed by atoms with Crippen molar-refractivity contribution in [1.82, 2.24) is 0 Å². The maximum Gasteiger partial charge on any atom is 0.472 e. The Morgan fingerprint density at radius 2 is 1.13 bits per heavy atom. The fourth-order valence-electron chi connectivity index (χ4n) is 5.34. The second kappa shape index (κ2) is 40.4. The van der Waals surface area contributed by atoms with Crippen LogP contribution >= 0.6 is 7.82 Å². The maximum absolute atomic E-state index is 12.7. The maximum atomic E-state index is 12.7. The van der Waals surface area contributed by atoms with Gasteiger partial charge in [-0.1, -0.05) is 149 Å². The van der Waals surface area contributed by atoms with Crippen molar-refractivity contribution >= 4 is 19.8 Å². The quantitative estimate of drug-likeness (QED) is 0.0136. The number of phosphoric ester groups is 1. The van der Waals surface area contributed by atoms with Gasteiger partial charge in [0, 0.05) is 12.8 Å². The highest BCUT2D eigenvalue weighted by molar-refractivity contribution is 7.47. The summed E-state index contributed by atoms with van der Waals surface area (Å²) in [5.74, 6) is -1.00. The molecule has 0 saturated carbocycles. The zero-order valence-corrected chi connectivity index (χ0v) is 39.7. The first-order chi connectivity index (χ1) is 29.8. The van der Waals surface area contributed by atoms with E-state index in [1.807, 2.05) is 64.5 Å². The van der Waals surface area contributed by atoms with Gasteiger partial charge >= 0.3 is 19.8 Å². The minimum atomic E-state index is -4.44. The SMILES string of the molecule is CC/C=C\C[C@H](O)/C=C/C=C\C=C\[C@H](O)C/C=C\C/C=C\CCC(=O)O[C@H](COC(=O)CCCCCC/C=C\C/C=C\C/C=C\CCCCC)COP(=O)(O)OCC[N+](C)(C)C. The van der Waals surface area contributed by atoms with Gasteiger partial charge in [-0.3, -0.25) is 18.6 Å². The third kappa shape index (κ3) is 43.2. The number of carbonyl (C=O) groups is 2. The molecule has 0 fully saturated rings. The van der Waals surface area contributed by atoms with Gasteiger partial charge < -0.3 is 29.1 Å². The molecule has 0 bridgehead atoms. The lowest BCUT2D eigenvalue weighted by molar-refractivity contribution is -0.870. The number of aliphatic hydroxyl groups excluding tert-OH is 2. The molecule has 352 valence electrons. The Kier molecular flexibility index (Phi) is 38.1. The lowest BCUT2D eigenvalue weighted by Gasteiger charge is -2.24. The molecule has 3 N–H and O–H groups in total. The van der Waals surface area contributed by atoms with Crippen molar-refractivity contribution in [1.29, 1.82) is 0 Å². The van der Waals surface area contributed by atoms with Gasteiger partial charge in [-0.25, -0.2) is 4.57 Å². The molecule has 0 rings (SSSR count). The number of phosphoric acid groups is 1.